The van der Waals surface area contributed by atoms with E-state index in [1.165, 1.54) is 0 Å². The number of ether oxygens (including phenoxy) is 1. The van der Waals surface area contributed by atoms with Crippen molar-refractivity contribution in [3.63, 3.8) is 0 Å². The molecule has 2 aromatic rings. The van der Waals surface area contributed by atoms with E-state index in [-0.39, 0.29) is 30.8 Å². The van der Waals surface area contributed by atoms with Crippen LogP contribution in [0.25, 0.3) is 0 Å². The Bertz CT molecular complexity index is 901. The van der Waals surface area contributed by atoms with Crippen LogP contribution in [-0.2, 0) is 16.1 Å². The molecule has 0 radical (unpaired) electrons. The van der Waals surface area contributed by atoms with Crippen molar-refractivity contribution in [2.75, 3.05) is 6.61 Å². The number of hydrogen-bond acceptors (Lipinski definition) is 3. The molecule has 1 aliphatic carbocycles. The predicted molar refractivity (Wildman–Crippen MR) is 128 cm³/mol. The number of nitrogens with one attached hydrogen (secondary N) is 1. The van der Waals surface area contributed by atoms with Crippen molar-refractivity contribution in [3.8, 4) is 5.75 Å². The molecule has 1 N–H and O–H groups in total. The number of amides is 2. The molecule has 1 aliphatic rings. The summed E-state index contributed by atoms with van der Waals surface area (Å²) < 4.78 is 5.70. The lowest BCUT2D eigenvalue weighted by Gasteiger charge is -2.30. The van der Waals surface area contributed by atoms with E-state index in [1.807, 2.05) is 36.4 Å². The molecule has 32 heavy (non-hydrogen) atoms. The van der Waals surface area contributed by atoms with Crippen molar-refractivity contribution in [2.24, 2.45) is 0 Å². The van der Waals surface area contributed by atoms with Crippen LogP contribution in [0.3, 0.4) is 0 Å². The second kappa shape index (κ2) is 12.1. The minimum Gasteiger partial charge on any atom is -0.494 e. The molecule has 7 heteroatoms. The molecule has 1 saturated carbocycles. The van der Waals surface area contributed by atoms with Gasteiger partial charge in [0.05, 0.1) is 16.7 Å². The number of para-hydroxylation sites is 1. The van der Waals surface area contributed by atoms with Gasteiger partial charge in [-0.2, -0.15) is 0 Å². The number of nitrogens with zero attached hydrogens (tertiary/aromatic N) is 1. The summed E-state index contributed by atoms with van der Waals surface area (Å²) in [6.45, 7) is 2.49. The summed E-state index contributed by atoms with van der Waals surface area (Å²) in [5, 5.41) is 3.99. The Hall–Kier alpha value is -2.24. The normalized spacial score (nSPS) is 14.7. The van der Waals surface area contributed by atoms with Crippen LogP contribution in [0.2, 0.25) is 10.0 Å². The zero-order valence-corrected chi connectivity index (χ0v) is 19.9. The monoisotopic (exact) mass is 476 g/mol. The lowest BCUT2D eigenvalue weighted by molar-refractivity contribution is -0.141. The molecule has 1 fully saturated rings. The van der Waals surface area contributed by atoms with Gasteiger partial charge < -0.3 is 15.0 Å². The minimum atomic E-state index is -0.590. The molecule has 0 spiro atoms. The van der Waals surface area contributed by atoms with Crippen molar-refractivity contribution in [1.29, 1.82) is 0 Å². The average Bonchev–Trinajstić information content (AvgIpc) is 3.30. The second-order valence-electron chi connectivity index (χ2n) is 8.20. The number of benzene rings is 2. The summed E-state index contributed by atoms with van der Waals surface area (Å²) in [5.74, 6) is 0.560. The predicted octanol–water partition coefficient (Wildman–Crippen LogP) is 5.63. The van der Waals surface area contributed by atoms with Crippen molar-refractivity contribution in [3.05, 3.63) is 64.1 Å². The van der Waals surface area contributed by atoms with Gasteiger partial charge in [-0.15, -0.1) is 0 Å². The molecule has 1 atom stereocenters. The molecule has 0 saturated heterocycles. The largest absolute Gasteiger partial charge is 0.494 e. The van der Waals surface area contributed by atoms with Crippen LogP contribution in [0.15, 0.2) is 48.5 Å². The first-order valence-corrected chi connectivity index (χ1v) is 11.9. The number of rotatable bonds is 10. The van der Waals surface area contributed by atoms with Crippen LogP contribution in [0.5, 0.6) is 5.75 Å². The van der Waals surface area contributed by atoms with Gasteiger partial charge in [-0.25, -0.2) is 0 Å². The topological polar surface area (TPSA) is 58.6 Å². The first-order valence-electron chi connectivity index (χ1n) is 11.2. The standard InChI is InChI=1S/C25H30Cl2N2O3/c1-18(25(31)28-20-8-5-6-9-20)29(17-19-13-14-22(26)23(27)16-19)24(30)12-7-15-32-21-10-3-2-4-11-21/h2-4,10-11,13-14,16,18,20H,5-9,12,15,17H2,1H3,(H,28,31)/t18-/m0/s1. The van der Waals surface area contributed by atoms with E-state index >= 15 is 0 Å². The van der Waals surface area contributed by atoms with E-state index in [4.69, 9.17) is 27.9 Å². The Morgan fingerprint density at radius 1 is 1.09 bits per heavy atom. The summed E-state index contributed by atoms with van der Waals surface area (Å²) in [6.07, 6.45) is 5.10. The third-order valence-electron chi connectivity index (χ3n) is 5.75. The van der Waals surface area contributed by atoms with Crippen molar-refractivity contribution in [2.45, 2.75) is 64.1 Å². The van der Waals surface area contributed by atoms with Gasteiger partial charge in [-0.05, 0) is 56.0 Å². The van der Waals surface area contributed by atoms with E-state index in [1.54, 1.807) is 24.0 Å². The van der Waals surface area contributed by atoms with Crippen molar-refractivity contribution >= 4 is 35.0 Å². The van der Waals surface area contributed by atoms with E-state index in [2.05, 4.69) is 5.32 Å². The van der Waals surface area contributed by atoms with E-state index < -0.39 is 6.04 Å². The molecule has 3 rings (SSSR count). The lowest BCUT2D eigenvalue weighted by Crippen LogP contribution is -2.49. The molecular weight excluding hydrogens is 447 g/mol. The molecule has 2 amide bonds. The number of carbonyl (C=O) groups is 2. The van der Waals surface area contributed by atoms with E-state index in [0.29, 0.717) is 23.1 Å². The van der Waals surface area contributed by atoms with Crippen LogP contribution in [0, 0.1) is 0 Å². The first-order chi connectivity index (χ1) is 15.4. The Morgan fingerprint density at radius 2 is 1.81 bits per heavy atom. The third-order valence-corrected chi connectivity index (χ3v) is 6.49. The number of hydrogen-bond donors (Lipinski definition) is 1. The Labute approximate surface area is 200 Å². The smallest absolute Gasteiger partial charge is 0.242 e. The summed E-state index contributed by atoms with van der Waals surface area (Å²) >= 11 is 12.2. The Kier molecular flexibility index (Phi) is 9.24. The van der Waals surface area contributed by atoms with Crippen LogP contribution in [-0.4, -0.2) is 35.4 Å². The fraction of sp³-hybridized carbons (Fsp3) is 0.440. The fourth-order valence-electron chi connectivity index (χ4n) is 3.88. The van der Waals surface area contributed by atoms with Crippen LogP contribution >= 0.6 is 23.2 Å². The highest BCUT2D eigenvalue weighted by atomic mass is 35.5. The first kappa shape index (κ1) is 24.4. The van der Waals surface area contributed by atoms with Gasteiger partial charge in [0.15, 0.2) is 0 Å². The Balaban J connectivity index is 1.63. The third kappa shape index (κ3) is 7.14. The zero-order valence-electron chi connectivity index (χ0n) is 18.4. The highest BCUT2D eigenvalue weighted by Gasteiger charge is 2.28. The Morgan fingerprint density at radius 3 is 2.50 bits per heavy atom. The summed E-state index contributed by atoms with van der Waals surface area (Å²) in [4.78, 5) is 27.6. The van der Waals surface area contributed by atoms with Crippen LogP contribution < -0.4 is 10.1 Å². The number of halogens is 2. The lowest BCUT2D eigenvalue weighted by atomic mass is 10.1. The fourth-order valence-corrected chi connectivity index (χ4v) is 4.20. The average molecular weight is 477 g/mol. The van der Waals surface area contributed by atoms with Gasteiger partial charge in [-0.1, -0.05) is 60.3 Å². The number of carbonyl (C=O) groups excluding carboxylic acids is 2. The van der Waals surface area contributed by atoms with E-state index in [0.717, 1.165) is 37.0 Å². The molecule has 0 aromatic heterocycles. The maximum absolute atomic E-state index is 13.1. The maximum atomic E-state index is 13.1. The van der Waals surface area contributed by atoms with Gasteiger partial charge in [0.1, 0.15) is 11.8 Å². The highest BCUT2D eigenvalue weighted by Crippen LogP contribution is 2.24. The zero-order chi connectivity index (χ0) is 22.9. The summed E-state index contributed by atoms with van der Waals surface area (Å²) in [5.41, 5.74) is 0.828. The molecule has 5 nitrogen and oxygen atoms in total. The van der Waals surface area contributed by atoms with Gasteiger partial charge >= 0.3 is 0 Å². The summed E-state index contributed by atoms with van der Waals surface area (Å²) in [7, 11) is 0. The van der Waals surface area contributed by atoms with Gasteiger partial charge in [0, 0.05) is 19.0 Å². The molecule has 0 unspecified atom stereocenters. The molecule has 2 aromatic carbocycles. The molecule has 0 heterocycles. The molecule has 172 valence electrons. The van der Waals surface area contributed by atoms with Crippen molar-refractivity contribution < 1.29 is 14.3 Å². The second-order valence-corrected chi connectivity index (χ2v) is 9.02. The molecule has 0 aliphatic heterocycles. The summed E-state index contributed by atoms with van der Waals surface area (Å²) in [6, 6.07) is 14.4. The SMILES string of the molecule is C[C@@H](C(=O)NC1CCCC1)N(Cc1ccc(Cl)c(Cl)c1)C(=O)CCCOc1ccccc1. The maximum Gasteiger partial charge on any atom is 0.242 e. The van der Waals surface area contributed by atoms with Gasteiger partial charge in [0.2, 0.25) is 11.8 Å². The quantitative estimate of drug-likeness (QED) is 0.452. The van der Waals surface area contributed by atoms with Crippen LogP contribution in [0.1, 0.15) is 51.0 Å². The molecular formula is C25H30Cl2N2O3. The van der Waals surface area contributed by atoms with Gasteiger partial charge in [0.25, 0.3) is 0 Å². The highest BCUT2D eigenvalue weighted by molar-refractivity contribution is 6.42. The minimum absolute atomic E-state index is 0.0955. The van der Waals surface area contributed by atoms with E-state index in [9.17, 15) is 9.59 Å². The van der Waals surface area contributed by atoms with Crippen LogP contribution in [0.4, 0.5) is 0 Å². The molecule has 0 bridgehead atoms. The van der Waals surface area contributed by atoms with Gasteiger partial charge in [-0.3, -0.25) is 9.59 Å². The van der Waals surface area contributed by atoms with Crippen molar-refractivity contribution in [1.82, 2.24) is 10.2 Å².